The average molecular weight is 466 g/mol. The van der Waals surface area contributed by atoms with Gasteiger partial charge in [0.15, 0.2) is 6.61 Å². The zero-order valence-electron chi connectivity index (χ0n) is 11.1. The first kappa shape index (κ1) is 19.8. The summed E-state index contributed by atoms with van der Waals surface area (Å²) in [5.41, 5.74) is 0. The second-order valence-corrected chi connectivity index (χ2v) is 5.93. The van der Waals surface area contributed by atoms with Crippen molar-refractivity contribution in [1.82, 2.24) is 0 Å². The minimum Gasteiger partial charge on any atom is -0.484 e. The molecule has 0 fully saturated rings. The van der Waals surface area contributed by atoms with Gasteiger partial charge in [0.05, 0.1) is 0 Å². The fourth-order valence-electron chi connectivity index (χ4n) is 1.30. The van der Waals surface area contributed by atoms with Crippen LogP contribution in [0.5, 0.6) is 5.75 Å². The molecule has 0 bridgehead atoms. The lowest BCUT2D eigenvalue weighted by Gasteiger charge is -2.09. The van der Waals surface area contributed by atoms with Gasteiger partial charge in [-0.15, -0.1) is 0 Å². The van der Waals surface area contributed by atoms with Gasteiger partial charge in [0, 0.05) is 21.1 Å². The molecule has 0 heterocycles. The topological polar surface area (TPSA) is 9.23 Å². The Hall–Kier alpha value is -1.22. The monoisotopic (exact) mass is 464 g/mol. The van der Waals surface area contributed by atoms with Crippen molar-refractivity contribution >= 4 is 31.9 Å². The molecule has 0 aliphatic carbocycles. The third kappa shape index (κ3) is 8.85. The van der Waals surface area contributed by atoms with Crippen LogP contribution in [-0.4, -0.2) is 12.8 Å². The summed E-state index contributed by atoms with van der Waals surface area (Å²) in [7, 11) is 0. The quantitative estimate of drug-likeness (QED) is 0.476. The lowest BCUT2D eigenvalue weighted by atomic mass is 10.3. The van der Waals surface area contributed by atoms with Crippen LogP contribution in [0.1, 0.15) is 0 Å². The molecule has 2 rings (SSSR count). The summed E-state index contributed by atoms with van der Waals surface area (Å²) in [4.78, 5) is 0. The summed E-state index contributed by atoms with van der Waals surface area (Å²) in [5, 5.41) is 0. The number of hydrogen-bond donors (Lipinski definition) is 0. The molecule has 0 unspecified atom stereocenters. The molecular formula is C14H8Br2F6O. The zero-order valence-corrected chi connectivity index (χ0v) is 14.3. The molecule has 0 saturated heterocycles. The van der Waals surface area contributed by atoms with Gasteiger partial charge in [-0.05, 0) is 24.3 Å². The van der Waals surface area contributed by atoms with Gasteiger partial charge < -0.3 is 4.74 Å². The van der Waals surface area contributed by atoms with Gasteiger partial charge in [0.25, 0.3) is 0 Å². The Morgan fingerprint density at radius 3 is 1.57 bits per heavy atom. The van der Waals surface area contributed by atoms with E-state index in [9.17, 15) is 26.3 Å². The molecule has 2 aromatic carbocycles. The Morgan fingerprint density at radius 2 is 1.17 bits per heavy atom. The van der Waals surface area contributed by atoms with Crippen molar-refractivity contribution < 1.29 is 31.1 Å². The molecule has 0 amide bonds. The summed E-state index contributed by atoms with van der Waals surface area (Å²) in [6.07, 6.45) is -4.42. The molecule has 2 aromatic rings. The lowest BCUT2D eigenvalue weighted by molar-refractivity contribution is -0.153. The van der Waals surface area contributed by atoms with Crippen molar-refractivity contribution in [1.29, 1.82) is 0 Å². The first-order valence-corrected chi connectivity index (χ1v) is 7.41. The van der Waals surface area contributed by atoms with Crippen LogP contribution >= 0.6 is 31.9 Å². The molecule has 0 saturated carbocycles. The molecule has 0 aromatic heterocycles. The number of benzene rings is 2. The van der Waals surface area contributed by atoms with E-state index in [2.05, 4.69) is 36.6 Å². The van der Waals surface area contributed by atoms with Crippen LogP contribution in [0, 0.1) is 17.5 Å². The molecule has 126 valence electrons. The summed E-state index contributed by atoms with van der Waals surface area (Å²) in [6.45, 7) is -1.43. The van der Waals surface area contributed by atoms with Gasteiger partial charge in [0.2, 0.25) is 0 Å². The number of alkyl halides is 3. The number of ether oxygens (including phenoxy) is 1. The van der Waals surface area contributed by atoms with Crippen LogP contribution in [-0.2, 0) is 0 Å². The Bertz CT molecular complexity index is 589. The average Bonchev–Trinajstić information content (AvgIpc) is 2.33. The third-order valence-corrected chi connectivity index (χ3v) is 2.98. The fraction of sp³-hybridized carbons (Fsp3) is 0.143. The van der Waals surface area contributed by atoms with E-state index in [0.717, 1.165) is 18.2 Å². The van der Waals surface area contributed by atoms with Crippen LogP contribution in [0.3, 0.4) is 0 Å². The van der Waals surface area contributed by atoms with E-state index in [1.165, 1.54) is 18.2 Å². The molecule has 9 heteroatoms. The van der Waals surface area contributed by atoms with Gasteiger partial charge in [-0.3, -0.25) is 0 Å². The van der Waals surface area contributed by atoms with Crippen molar-refractivity contribution in [2.24, 2.45) is 0 Å². The van der Waals surface area contributed by atoms with Crippen molar-refractivity contribution in [2.75, 3.05) is 6.61 Å². The summed E-state index contributed by atoms with van der Waals surface area (Å²) >= 11 is 5.87. The minimum absolute atomic E-state index is 0.158. The normalized spacial score (nSPS) is 10.8. The van der Waals surface area contributed by atoms with E-state index in [1.54, 1.807) is 0 Å². The first-order valence-electron chi connectivity index (χ1n) is 5.82. The smallest absolute Gasteiger partial charge is 0.422 e. The van der Waals surface area contributed by atoms with Crippen LogP contribution in [0.4, 0.5) is 26.3 Å². The number of rotatable bonds is 2. The SMILES string of the molecule is Fc1cc(Br)cc(OCC(F)(F)F)c1.Fc1cc(F)cc(Br)c1. The Kier molecular flexibility index (Phi) is 7.40. The summed E-state index contributed by atoms with van der Waals surface area (Å²) < 4.78 is 77.2. The highest BCUT2D eigenvalue weighted by molar-refractivity contribution is 9.10. The van der Waals surface area contributed by atoms with Gasteiger partial charge in [-0.2, -0.15) is 13.2 Å². The van der Waals surface area contributed by atoms with Gasteiger partial charge in [-0.25, -0.2) is 13.2 Å². The molecular weight excluding hydrogens is 458 g/mol. The second kappa shape index (κ2) is 8.58. The number of halogens is 8. The Labute approximate surface area is 144 Å². The highest BCUT2D eigenvalue weighted by Gasteiger charge is 2.28. The zero-order chi connectivity index (χ0) is 17.6. The van der Waals surface area contributed by atoms with Crippen molar-refractivity contribution in [3.63, 3.8) is 0 Å². The predicted octanol–water partition coefficient (Wildman–Crippen LogP) is 6.26. The molecule has 23 heavy (non-hydrogen) atoms. The summed E-state index contributed by atoms with van der Waals surface area (Å²) in [5.74, 6) is -1.95. The molecule has 0 aliphatic rings. The highest BCUT2D eigenvalue weighted by atomic mass is 79.9. The van der Waals surface area contributed by atoms with E-state index < -0.39 is 30.2 Å². The minimum atomic E-state index is -4.42. The van der Waals surface area contributed by atoms with E-state index in [-0.39, 0.29) is 5.75 Å². The van der Waals surface area contributed by atoms with Crippen LogP contribution < -0.4 is 4.74 Å². The lowest BCUT2D eigenvalue weighted by Crippen LogP contribution is -2.19. The third-order valence-electron chi connectivity index (χ3n) is 2.07. The van der Waals surface area contributed by atoms with Gasteiger partial charge >= 0.3 is 6.18 Å². The molecule has 1 nitrogen and oxygen atoms in total. The van der Waals surface area contributed by atoms with Gasteiger partial charge in [-0.1, -0.05) is 31.9 Å². The highest BCUT2D eigenvalue weighted by Crippen LogP contribution is 2.23. The molecule has 0 N–H and O–H groups in total. The van der Waals surface area contributed by atoms with E-state index in [1.807, 2.05) is 0 Å². The van der Waals surface area contributed by atoms with Crippen LogP contribution in [0.25, 0.3) is 0 Å². The summed E-state index contributed by atoms with van der Waals surface area (Å²) in [6, 6.07) is 6.49. The van der Waals surface area contributed by atoms with Crippen molar-refractivity contribution in [3.8, 4) is 5.75 Å². The van der Waals surface area contributed by atoms with Crippen molar-refractivity contribution in [3.05, 3.63) is 62.8 Å². The predicted molar refractivity (Wildman–Crippen MR) is 79.7 cm³/mol. The number of hydrogen-bond acceptors (Lipinski definition) is 1. The van der Waals surface area contributed by atoms with Crippen molar-refractivity contribution in [2.45, 2.75) is 6.18 Å². The first-order chi connectivity index (χ1) is 10.5. The van der Waals surface area contributed by atoms with Gasteiger partial charge in [0.1, 0.15) is 23.2 Å². The maximum absolute atomic E-state index is 12.7. The molecule has 0 spiro atoms. The Morgan fingerprint density at radius 1 is 0.739 bits per heavy atom. The van der Waals surface area contributed by atoms with Crippen LogP contribution in [0.2, 0.25) is 0 Å². The molecule has 0 aliphatic heterocycles. The largest absolute Gasteiger partial charge is 0.484 e. The fourth-order valence-corrected chi connectivity index (χ4v) is 2.18. The van der Waals surface area contributed by atoms with E-state index in [0.29, 0.717) is 8.95 Å². The molecule has 0 radical (unpaired) electrons. The van der Waals surface area contributed by atoms with E-state index >= 15 is 0 Å². The standard InChI is InChI=1S/C8H5BrF4O.C6H3BrF2/c9-5-1-6(10)3-7(2-5)14-4-8(11,12)13;7-4-1-5(8)3-6(9)2-4/h1-3H,4H2;1-3H. The maximum Gasteiger partial charge on any atom is 0.422 e. The second-order valence-electron chi connectivity index (χ2n) is 4.10. The Balaban J connectivity index is 0.000000253. The maximum atomic E-state index is 12.7. The van der Waals surface area contributed by atoms with E-state index in [4.69, 9.17) is 0 Å². The molecule has 0 atom stereocenters. The van der Waals surface area contributed by atoms with Crippen LogP contribution in [0.15, 0.2) is 45.3 Å².